The van der Waals surface area contributed by atoms with Crippen LogP contribution in [0.4, 0.5) is 13.2 Å². The van der Waals surface area contributed by atoms with Crippen molar-refractivity contribution in [2.45, 2.75) is 30.3 Å². The van der Waals surface area contributed by atoms with Gasteiger partial charge in [-0.1, -0.05) is 12.1 Å². The van der Waals surface area contributed by atoms with Crippen LogP contribution in [0.1, 0.15) is 29.8 Å². The number of alkyl halides is 3. The number of aromatic nitrogens is 2. The SMILES string of the molecule is Cc1c([C@@H](C)NS(=O)(=O)c2cccs2)cnn1-c1cccc(C(F)(F)F)c1. The smallest absolute Gasteiger partial charge is 0.238 e. The fourth-order valence-corrected chi connectivity index (χ4v) is 4.92. The number of nitrogens with one attached hydrogen (secondary N) is 1. The predicted molar refractivity (Wildman–Crippen MR) is 96.4 cm³/mol. The number of sulfonamides is 1. The molecule has 10 heteroatoms. The van der Waals surface area contributed by atoms with Crippen LogP contribution in [0.15, 0.2) is 52.2 Å². The molecule has 3 aromatic rings. The molecule has 27 heavy (non-hydrogen) atoms. The summed E-state index contributed by atoms with van der Waals surface area (Å²) >= 11 is 1.10. The van der Waals surface area contributed by atoms with Crippen molar-refractivity contribution < 1.29 is 21.6 Å². The van der Waals surface area contributed by atoms with Gasteiger partial charge in [-0.05, 0) is 43.5 Å². The molecule has 0 aliphatic rings. The fourth-order valence-electron chi connectivity index (χ4n) is 2.69. The van der Waals surface area contributed by atoms with E-state index in [1.807, 2.05) is 0 Å². The molecule has 0 unspecified atom stereocenters. The molecular weight excluding hydrogens is 399 g/mol. The summed E-state index contributed by atoms with van der Waals surface area (Å²) in [6.07, 6.45) is -3.00. The number of halogens is 3. The highest BCUT2D eigenvalue weighted by atomic mass is 32.2. The standard InChI is InChI=1S/C17H16F3N3O2S2/c1-11(22-27(24,25)16-7-4-8-26-16)15-10-21-23(12(15)2)14-6-3-5-13(9-14)17(18,19)20/h3-11,22H,1-2H3/t11-/m1/s1. The molecule has 2 heterocycles. The predicted octanol–water partition coefficient (Wildman–Crippen LogP) is 4.30. The maximum absolute atomic E-state index is 12.9. The van der Waals surface area contributed by atoms with Crippen molar-refractivity contribution in [3.05, 3.63) is 64.8 Å². The van der Waals surface area contributed by atoms with Gasteiger partial charge in [-0.25, -0.2) is 17.8 Å². The first-order chi connectivity index (χ1) is 12.6. The molecule has 0 amide bonds. The Morgan fingerprint density at radius 3 is 2.59 bits per heavy atom. The number of rotatable bonds is 5. The van der Waals surface area contributed by atoms with Gasteiger partial charge in [0.25, 0.3) is 10.0 Å². The summed E-state index contributed by atoms with van der Waals surface area (Å²) in [5.74, 6) is 0. The van der Waals surface area contributed by atoms with E-state index in [0.717, 1.165) is 23.5 Å². The van der Waals surface area contributed by atoms with E-state index in [1.165, 1.54) is 29.1 Å². The van der Waals surface area contributed by atoms with Crippen molar-refractivity contribution in [2.24, 2.45) is 0 Å². The highest BCUT2D eigenvalue weighted by Crippen LogP contribution is 2.31. The summed E-state index contributed by atoms with van der Waals surface area (Å²) in [5.41, 5.74) is 0.605. The van der Waals surface area contributed by atoms with Crippen LogP contribution in [0, 0.1) is 6.92 Å². The average molecular weight is 415 g/mol. The molecule has 0 aliphatic carbocycles. The molecule has 1 N–H and O–H groups in total. The Morgan fingerprint density at radius 1 is 1.22 bits per heavy atom. The molecule has 0 bridgehead atoms. The maximum atomic E-state index is 12.9. The van der Waals surface area contributed by atoms with Crippen LogP contribution >= 0.6 is 11.3 Å². The number of thiophene rings is 1. The van der Waals surface area contributed by atoms with Gasteiger partial charge in [0.1, 0.15) is 4.21 Å². The van der Waals surface area contributed by atoms with Gasteiger partial charge in [0.15, 0.2) is 0 Å². The zero-order chi connectivity index (χ0) is 19.8. The minimum Gasteiger partial charge on any atom is -0.238 e. The summed E-state index contributed by atoms with van der Waals surface area (Å²) < 4.78 is 67.7. The fraction of sp³-hybridized carbons (Fsp3) is 0.235. The van der Waals surface area contributed by atoms with Crippen molar-refractivity contribution >= 4 is 21.4 Å². The molecule has 0 radical (unpaired) electrons. The van der Waals surface area contributed by atoms with Gasteiger partial charge in [0, 0.05) is 17.3 Å². The van der Waals surface area contributed by atoms with Crippen LogP contribution in [0.3, 0.4) is 0 Å². The first kappa shape index (κ1) is 19.6. The van der Waals surface area contributed by atoms with Crippen molar-refractivity contribution in [1.82, 2.24) is 14.5 Å². The van der Waals surface area contributed by atoms with Gasteiger partial charge in [-0.3, -0.25) is 0 Å². The van der Waals surface area contributed by atoms with Gasteiger partial charge in [0.05, 0.1) is 17.4 Å². The van der Waals surface area contributed by atoms with Crippen molar-refractivity contribution in [1.29, 1.82) is 0 Å². The van der Waals surface area contributed by atoms with Crippen LogP contribution in [0.5, 0.6) is 0 Å². The van der Waals surface area contributed by atoms with Crippen molar-refractivity contribution in [2.75, 3.05) is 0 Å². The Kier molecular flexibility index (Phi) is 5.15. The van der Waals surface area contributed by atoms with Crippen LogP contribution in [-0.4, -0.2) is 18.2 Å². The third-order valence-corrected chi connectivity index (χ3v) is 6.96. The van der Waals surface area contributed by atoms with Gasteiger partial charge in [-0.15, -0.1) is 11.3 Å². The molecule has 0 saturated heterocycles. The van der Waals surface area contributed by atoms with Crippen LogP contribution in [-0.2, 0) is 16.2 Å². The Labute approximate surface area is 158 Å². The molecule has 144 valence electrons. The number of benzene rings is 1. The van der Waals surface area contributed by atoms with Crippen LogP contribution < -0.4 is 4.72 Å². The summed E-state index contributed by atoms with van der Waals surface area (Å²) in [6.45, 7) is 3.34. The van der Waals surface area contributed by atoms with E-state index in [2.05, 4.69) is 9.82 Å². The lowest BCUT2D eigenvalue weighted by Gasteiger charge is -2.14. The lowest BCUT2D eigenvalue weighted by molar-refractivity contribution is -0.137. The molecule has 0 aliphatic heterocycles. The van der Waals surface area contributed by atoms with E-state index < -0.39 is 27.8 Å². The maximum Gasteiger partial charge on any atom is 0.416 e. The number of nitrogens with zero attached hydrogens (tertiary/aromatic N) is 2. The summed E-state index contributed by atoms with van der Waals surface area (Å²) in [7, 11) is -3.68. The van der Waals surface area contributed by atoms with Crippen LogP contribution in [0.2, 0.25) is 0 Å². The Hall–Kier alpha value is -2.17. The second-order valence-electron chi connectivity index (χ2n) is 5.92. The highest BCUT2D eigenvalue weighted by Gasteiger charge is 2.31. The lowest BCUT2D eigenvalue weighted by atomic mass is 10.1. The number of hydrogen-bond donors (Lipinski definition) is 1. The van der Waals surface area contributed by atoms with Crippen molar-refractivity contribution in [3.8, 4) is 5.69 Å². The Balaban J connectivity index is 1.90. The van der Waals surface area contributed by atoms with Gasteiger partial charge < -0.3 is 0 Å². The van der Waals surface area contributed by atoms with Gasteiger partial charge in [-0.2, -0.15) is 18.3 Å². The molecular formula is C17H16F3N3O2S2. The molecule has 5 nitrogen and oxygen atoms in total. The monoisotopic (exact) mass is 415 g/mol. The first-order valence-corrected chi connectivity index (χ1v) is 10.2. The van der Waals surface area contributed by atoms with E-state index >= 15 is 0 Å². The van der Waals surface area contributed by atoms with Crippen LogP contribution in [0.25, 0.3) is 5.69 Å². The minimum atomic E-state index is -4.45. The van der Waals surface area contributed by atoms with E-state index in [1.54, 1.807) is 25.3 Å². The second kappa shape index (κ2) is 7.10. The molecule has 0 saturated carbocycles. The van der Waals surface area contributed by atoms with E-state index in [9.17, 15) is 21.6 Å². The average Bonchev–Trinajstić information content (AvgIpc) is 3.23. The third-order valence-electron chi connectivity index (χ3n) is 4.02. The second-order valence-corrected chi connectivity index (χ2v) is 8.81. The van der Waals surface area contributed by atoms with Gasteiger partial charge >= 0.3 is 6.18 Å². The summed E-state index contributed by atoms with van der Waals surface area (Å²) in [4.78, 5) is 0. The molecule has 0 fully saturated rings. The number of hydrogen-bond acceptors (Lipinski definition) is 4. The topological polar surface area (TPSA) is 64.0 Å². The van der Waals surface area contributed by atoms with E-state index in [4.69, 9.17) is 0 Å². The zero-order valence-electron chi connectivity index (χ0n) is 14.4. The minimum absolute atomic E-state index is 0.192. The summed E-state index contributed by atoms with van der Waals surface area (Å²) in [5, 5.41) is 5.80. The highest BCUT2D eigenvalue weighted by molar-refractivity contribution is 7.91. The Bertz CT molecular complexity index is 1040. The molecule has 1 aromatic carbocycles. The van der Waals surface area contributed by atoms with E-state index in [-0.39, 0.29) is 9.90 Å². The Morgan fingerprint density at radius 2 is 1.96 bits per heavy atom. The molecule has 2 aromatic heterocycles. The first-order valence-electron chi connectivity index (χ1n) is 7.87. The zero-order valence-corrected chi connectivity index (χ0v) is 16.0. The van der Waals surface area contributed by atoms with E-state index in [0.29, 0.717) is 11.3 Å². The van der Waals surface area contributed by atoms with Crippen molar-refractivity contribution in [3.63, 3.8) is 0 Å². The summed E-state index contributed by atoms with van der Waals surface area (Å²) in [6, 6.07) is 7.35. The largest absolute Gasteiger partial charge is 0.416 e. The third kappa shape index (κ3) is 4.07. The molecule has 1 atom stereocenters. The molecule has 0 spiro atoms. The van der Waals surface area contributed by atoms with Gasteiger partial charge in [0.2, 0.25) is 0 Å². The lowest BCUT2D eigenvalue weighted by Crippen LogP contribution is -2.26. The molecule has 3 rings (SSSR count). The quantitative estimate of drug-likeness (QED) is 0.676. The normalized spacial score (nSPS) is 13.7.